The summed E-state index contributed by atoms with van der Waals surface area (Å²) in [5.74, 6) is 1.16. The Bertz CT molecular complexity index is 1210. The van der Waals surface area contributed by atoms with Gasteiger partial charge in [0.1, 0.15) is 12.4 Å². The zero-order chi connectivity index (χ0) is 32.2. The van der Waals surface area contributed by atoms with Crippen LogP contribution < -0.4 is 19.9 Å². The summed E-state index contributed by atoms with van der Waals surface area (Å²) in [4.78, 5) is 18.9. The van der Waals surface area contributed by atoms with Crippen LogP contribution in [0.2, 0.25) is 5.02 Å². The van der Waals surface area contributed by atoms with E-state index in [0.29, 0.717) is 62.9 Å². The number of rotatable bonds is 23. The minimum absolute atomic E-state index is 0.0408. The quantitative estimate of drug-likeness (QED) is 0.0165. The van der Waals surface area contributed by atoms with Gasteiger partial charge in [-0.1, -0.05) is 23.1 Å². The first kappa shape index (κ1) is 36.9. The lowest BCUT2D eigenvalue weighted by atomic mass is 10.2. The van der Waals surface area contributed by atoms with Gasteiger partial charge < -0.3 is 33.7 Å². The Hall–Kier alpha value is -4.32. The lowest BCUT2D eigenvalue weighted by Gasteiger charge is -2.08. The van der Waals surface area contributed by atoms with Gasteiger partial charge in [-0.3, -0.25) is 10.3 Å². The molecule has 2 aromatic rings. The van der Waals surface area contributed by atoms with Crippen LogP contribution in [0.3, 0.4) is 0 Å². The Balaban J connectivity index is 1.51. The minimum Gasteiger partial charge on any atom is -0.494 e. The zero-order valence-electron chi connectivity index (χ0n) is 25.1. The lowest BCUT2D eigenvalue weighted by molar-refractivity contribution is -0.727. The molecule has 0 fully saturated rings. The Morgan fingerprint density at radius 2 is 1.53 bits per heavy atom. The highest BCUT2D eigenvalue weighted by molar-refractivity contribution is 6.30. The molecule has 1 aromatic carbocycles. The first-order valence-electron chi connectivity index (χ1n) is 14.5. The van der Waals surface area contributed by atoms with E-state index in [1.54, 1.807) is 41.2 Å². The first-order chi connectivity index (χ1) is 22.1. The van der Waals surface area contributed by atoms with Crippen molar-refractivity contribution < 1.29 is 37.8 Å². The molecule has 1 aromatic heterocycles. The number of hydrogen-bond donors (Lipinski definition) is 2. The van der Waals surface area contributed by atoms with E-state index in [0.717, 1.165) is 31.4 Å². The maximum atomic E-state index is 11.8. The average Bonchev–Trinajstić information content (AvgIpc) is 3.05. The summed E-state index contributed by atoms with van der Waals surface area (Å²) in [6.07, 6.45) is 8.30. The molecule has 0 aliphatic heterocycles. The van der Waals surface area contributed by atoms with Gasteiger partial charge >= 0.3 is 6.16 Å². The number of unbranched alkanes of at least 4 members (excludes halogenated alkanes) is 3. The fourth-order valence-corrected chi connectivity index (χ4v) is 3.58. The minimum atomic E-state index is -0.816. The highest BCUT2D eigenvalue weighted by Crippen LogP contribution is 2.16. The molecule has 0 saturated heterocycles. The van der Waals surface area contributed by atoms with Crippen LogP contribution in [-0.2, 0) is 30.4 Å². The molecular formula is C29H40ClN8O7+. The second-order valence-electron chi connectivity index (χ2n) is 9.07. The lowest BCUT2D eigenvalue weighted by Crippen LogP contribution is -2.36. The molecule has 2 N–H and O–H groups in total. The van der Waals surface area contributed by atoms with Crippen molar-refractivity contribution in [3.05, 3.63) is 64.3 Å². The molecule has 0 atom stereocenters. The second-order valence-corrected chi connectivity index (χ2v) is 9.51. The molecule has 1 heterocycles. The number of halogens is 1. The van der Waals surface area contributed by atoms with Crippen LogP contribution in [0.15, 0.2) is 58.9 Å². The number of nitriles is 1. The number of aromatic nitrogens is 1. The second kappa shape index (κ2) is 25.1. The summed E-state index contributed by atoms with van der Waals surface area (Å²) in [7, 11) is 0. The Morgan fingerprint density at radius 1 is 0.867 bits per heavy atom. The van der Waals surface area contributed by atoms with E-state index in [2.05, 4.69) is 25.7 Å². The van der Waals surface area contributed by atoms with Crippen molar-refractivity contribution in [1.29, 1.82) is 5.26 Å². The number of carbonyl (C=O) groups excluding carboxylic acids is 1. The number of aliphatic imine (C=N–C) groups is 1. The summed E-state index contributed by atoms with van der Waals surface area (Å²) >= 11 is 5.88. The van der Waals surface area contributed by atoms with E-state index in [4.69, 9.17) is 50.8 Å². The van der Waals surface area contributed by atoms with Crippen LogP contribution in [0.4, 0.5) is 10.5 Å². The number of carbonyl (C=O) groups is 1. The third kappa shape index (κ3) is 19.6. The van der Waals surface area contributed by atoms with Crippen LogP contribution in [0.5, 0.6) is 5.75 Å². The highest BCUT2D eigenvalue weighted by Gasteiger charge is 2.09. The Labute approximate surface area is 267 Å². The molecule has 0 spiro atoms. The van der Waals surface area contributed by atoms with E-state index >= 15 is 0 Å². The first-order valence-corrected chi connectivity index (χ1v) is 14.9. The van der Waals surface area contributed by atoms with Crippen molar-refractivity contribution in [3.8, 4) is 11.9 Å². The molecule has 244 valence electrons. The van der Waals surface area contributed by atoms with E-state index in [1.165, 1.54) is 0 Å². The van der Waals surface area contributed by atoms with Gasteiger partial charge in [0.15, 0.2) is 18.6 Å². The fourth-order valence-electron chi connectivity index (χ4n) is 3.45. The van der Waals surface area contributed by atoms with Gasteiger partial charge in [-0.2, -0.15) is 9.83 Å². The number of nitrogens with one attached hydrogen (secondary N) is 2. The molecule has 15 nitrogen and oxygen atoms in total. The van der Waals surface area contributed by atoms with Gasteiger partial charge in [-0.15, -0.1) is 0 Å². The molecule has 0 saturated carbocycles. The van der Waals surface area contributed by atoms with Gasteiger partial charge in [0.05, 0.1) is 51.9 Å². The normalized spacial score (nSPS) is 10.8. The number of benzene rings is 1. The number of hydrogen-bond acceptors (Lipinski definition) is 10. The fraction of sp³-hybridized carbons (Fsp3) is 0.517. The van der Waals surface area contributed by atoms with Crippen LogP contribution in [0.25, 0.3) is 10.4 Å². The van der Waals surface area contributed by atoms with Crippen molar-refractivity contribution in [2.75, 3.05) is 71.3 Å². The van der Waals surface area contributed by atoms with Crippen LogP contribution >= 0.6 is 11.6 Å². The summed E-state index contributed by atoms with van der Waals surface area (Å²) in [5, 5.41) is 18.7. The molecule has 0 unspecified atom stereocenters. The predicted molar refractivity (Wildman–Crippen MR) is 166 cm³/mol. The van der Waals surface area contributed by atoms with Crippen molar-refractivity contribution >= 4 is 29.4 Å². The third-order valence-corrected chi connectivity index (χ3v) is 5.91. The van der Waals surface area contributed by atoms with E-state index < -0.39 is 6.16 Å². The topological polar surface area (TPSA) is 185 Å². The zero-order valence-corrected chi connectivity index (χ0v) is 25.9. The van der Waals surface area contributed by atoms with Gasteiger partial charge in [0.25, 0.3) is 6.73 Å². The summed E-state index contributed by atoms with van der Waals surface area (Å²) in [6, 6.07) is 10.8. The van der Waals surface area contributed by atoms with Crippen molar-refractivity contribution in [2.45, 2.75) is 32.4 Å². The van der Waals surface area contributed by atoms with Crippen molar-refractivity contribution in [2.24, 2.45) is 10.1 Å². The molecule has 0 amide bonds. The van der Waals surface area contributed by atoms with E-state index in [9.17, 15) is 4.79 Å². The van der Waals surface area contributed by atoms with Crippen LogP contribution in [0, 0.1) is 11.5 Å². The van der Waals surface area contributed by atoms with Gasteiger partial charge in [-0.25, -0.2) is 4.79 Å². The standard InChI is InChI=1S/C29H39ClN8O7/c30-25-5-7-27(8-6-25)43-15-4-2-1-3-11-33-28(34-23-31)36-26-9-13-38(14-10-26)24-45-29(39)44-22-21-42-20-19-41-18-17-40-16-12-35-37-32/h5-10,13-14H,1-4,11-12,15-22,24H2,(H,33,34)/p+1. The predicted octanol–water partition coefficient (Wildman–Crippen LogP) is 4.58. The number of pyridine rings is 1. The third-order valence-electron chi connectivity index (χ3n) is 5.65. The largest absolute Gasteiger partial charge is 0.513 e. The van der Waals surface area contributed by atoms with Gasteiger partial charge in [0, 0.05) is 35.2 Å². The molecule has 0 bridgehead atoms. The Kier molecular flexibility index (Phi) is 20.5. The highest BCUT2D eigenvalue weighted by atomic mass is 35.5. The smallest absolute Gasteiger partial charge is 0.494 e. The summed E-state index contributed by atoms with van der Waals surface area (Å²) in [6.45, 7) is 3.55. The number of azide groups is 1. The van der Waals surface area contributed by atoms with Gasteiger partial charge in [0.2, 0.25) is 5.96 Å². The molecule has 45 heavy (non-hydrogen) atoms. The summed E-state index contributed by atoms with van der Waals surface area (Å²) in [5.41, 5.74) is 8.85. The van der Waals surface area contributed by atoms with Crippen molar-refractivity contribution in [3.63, 3.8) is 0 Å². The molecule has 16 heteroatoms. The molecular weight excluding hydrogens is 608 g/mol. The maximum absolute atomic E-state index is 11.8. The monoisotopic (exact) mass is 647 g/mol. The number of guanidine groups is 1. The number of nitrogens with zero attached hydrogens (tertiary/aromatic N) is 6. The molecule has 0 radical (unpaired) electrons. The van der Waals surface area contributed by atoms with Crippen LogP contribution in [0.1, 0.15) is 25.7 Å². The van der Waals surface area contributed by atoms with Crippen LogP contribution in [-0.4, -0.2) is 78.1 Å². The molecule has 0 aliphatic rings. The SMILES string of the molecule is N#CNC(=NCCCCCCOc1ccc(Cl)cc1)Nc1cc[n+](COC(=O)OCCOCCOCCOCCN=[N+]=[N-])cc1. The van der Waals surface area contributed by atoms with E-state index in [1.807, 2.05) is 18.3 Å². The van der Waals surface area contributed by atoms with Crippen molar-refractivity contribution in [1.82, 2.24) is 5.32 Å². The van der Waals surface area contributed by atoms with E-state index in [-0.39, 0.29) is 26.5 Å². The maximum Gasteiger partial charge on any atom is 0.513 e. The molecule has 2 rings (SSSR count). The Morgan fingerprint density at radius 3 is 2.22 bits per heavy atom. The molecule has 0 aliphatic carbocycles. The average molecular weight is 648 g/mol. The number of ether oxygens (including phenoxy) is 6. The van der Waals surface area contributed by atoms with Gasteiger partial charge in [-0.05, 0) is 49.1 Å². The summed E-state index contributed by atoms with van der Waals surface area (Å²) < 4.78 is 33.3. The number of anilines is 1.